The van der Waals surface area contributed by atoms with Crippen LogP contribution >= 0.6 is 11.8 Å². The average molecular weight is 395 g/mol. The second kappa shape index (κ2) is 9.13. The molecule has 0 fully saturated rings. The van der Waals surface area contributed by atoms with E-state index in [-0.39, 0.29) is 11.9 Å². The number of nitrogens with one attached hydrogen (secondary N) is 1. The van der Waals surface area contributed by atoms with E-state index >= 15 is 0 Å². The van der Waals surface area contributed by atoms with Crippen LogP contribution in [-0.4, -0.2) is 37.3 Å². The third kappa shape index (κ3) is 4.66. The summed E-state index contributed by atoms with van der Waals surface area (Å²) >= 11 is 1.66. The van der Waals surface area contributed by atoms with Crippen molar-refractivity contribution in [2.24, 2.45) is 0 Å². The van der Waals surface area contributed by atoms with Gasteiger partial charge in [0.05, 0.1) is 13.2 Å². The van der Waals surface area contributed by atoms with Gasteiger partial charge in [0.25, 0.3) is 0 Å². The van der Waals surface area contributed by atoms with Gasteiger partial charge in [0, 0.05) is 17.1 Å². The van der Waals surface area contributed by atoms with Crippen molar-refractivity contribution in [1.29, 1.82) is 0 Å². The van der Waals surface area contributed by atoms with Gasteiger partial charge >= 0.3 is 0 Å². The Morgan fingerprint density at radius 2 is 1.86 bits per heavy atom. The maximum atomic E-state index is 12.7. The zero-order valence-electron chi connectivity index (χ0n) is 16.7. The Labute approximate surface area is 170 Å². The van der Waals surface area contributed by atoms with E-state index in [1.165, 1.54) is 0 Å². The summed E-state index contributed by atoms with van der Waals surface area (Å²) in [7, 11) is 3.64. The van der Waals surface area contributed by atoms with Gasteiger partial charge in [-0.3, -0.25) is 9.69 Å². The Bertz CT molecular complexity index is 974. The molecule has 0 spiro atoms. The molecule has 0 heterocycles. The normalized spacial score (nSPS) is 12.2. The minimum absolute atomic E-state index is 0.0227. The van der Waals surface area contributed by atoms with Crippen LogP contribution in [0.2, 0.25) is 0 Å². The first-order chi connectivity index (χ1) is 13.5. The molecular formula is C23H26N2O2S. The smallest absolute Gasteiger partial charge is 0.241 e. The van der Waals surface area contributed by atoms with Crippen molar-refractivity contribution in [3.8, 4) is 5.75 Å². The molecule has 146 valence electrons. The van der Waals surface area contributed by atoms with E-state index < -0.39 is 0 Å². The Morgan fingerprint density at radius 3 is 2.57 bits per heavy atom. The van der Waals surface area contributed by atoms with Gasteiger partial charge in [-0.15, -0.1) is 11.8 Å². The van der Waals surface area contributed by atoms with Crippen LogP contribution in [0.1, 0.15) is 12.5 Å². The second-order valence-corrected chi connectivity index (χ2v) is 7.68. The highest BCUT2D eigenvalue weighted by molar-refractivity contribution is 7.98. The van der Waals surface area contributed by atoms with Crippen LogP contribution in [0.4, 0.5) is 5.69 Å². The maximum absolute atomic E-state index is 12.7. The SMILES string of the molecule is COc1cc(CN(C)[C@@H](C)C(=O)Nc2ccc3ccccc3c2)ccc1SC. The molecule has 28 heavy (non-hydrogen) atoms. The minimum atomic E-state index is -0.266. The number of methoxy groups -OCH3 is 1. The third-order valence-corrected chi connectivity index (χ3v) is 5.71. The molecule has 4 nitrogen and oxygen atoms in total. The van der Waals surface area contributed by atoms with Crippen molar-refractivity contribution in [3.63, 3.8) is 0 Å². The fraction of sp³-hybridized carbons (Fsp3) is 0.261. The molecule has 0 aliphatic heterocycles. The van der Waals surface area contributed by atoms with Gasteiger partial charge in [-0.1, -0.05) is 36.4 Å². The molecule has 0 saturated carbocycles. The molecule has 0 aliphatic rings. The van der Waals surface area contributed by atoms with Crippen molar-refractivity contribution < 1.29 is 9.53 Å². The zero-order valence-corrected chi connectivity index (χ0v) is 17.5. The van der Waals surface area contributed by atoms with Crippen molar-refractivity contribution in [3.05, 3.63) is 66.2 Å². The topological polar surface area (TPSA) is 41.6 Å². The average Bonchev–Trinajstić information content (AvgIpc) is 2.72. The Kier molecular flexibility index (Phi) is 6.60. The molecule has 3 aromatic carbocycles. The number of carbonyl (C=O) groups excluding carboxylic acids is 1. The Balaban J connectivity index is 1.66. The van der Waals surface area contributed by atoms with Crippen LogP contribution in [-0.2, 0) is 11.3 Å². The number of hydrogen-bond donors (Lipinski definition) is 1. The summed E-state index contributed by atoms with van der Waals surface area (Å²) in [5, 5.41) is 5.31. The molecule has 0 unspecified atom stereocenters. The van der Waals surface area contributed by atoms with Crippen LogP contribution in [0.5, 0.6) is 5.75 Å². The van der Waals surface area contributed by atoms with E-state index in [9.17, 15) is 4.79 Å². The molecule has 0 saturated heterocycles. The number of benzene rings is 3. The highest BCUT2D eigenvalue weighted by Gasteiger charge is 2.19. The number of carbonyl (C=O) groups is 1. The first-order valence-corrected chi connectivity index (χ1v) is 10.4. The Hall–Kier alpha value is -2.50. The van der Waals surface area contributed by atoms with Gasteiger partial charge in [-0.05, 0) is 60.8 Å². The van der Waals surface area contributed by atoms with Crippen molar-refractivity contribution >= 4 is 34.1 Å². The van der Waals surface area contributed by atoms with Crippen LogP contribution < -0.4 is 10.1 Å². The van der Waals surface area contributed by atoms with Crippen LogP contribution in [0.15, 0.2) is 65.6 Å². The van der Waals surface area contributed by atoms with Gasteiger partial charge in [0.15, 0.2) is 0 Å². The first kappa shape index (κ1) is 20.2. The van der Waals surface area contributed by atoms with Gasteiger partial charge in [-0.2, -0.15) is 0 Å². The summed E-state index contributed by atoms with van der Waals surface area (Å²) in [6.07, 6.45) is 2.03. The summed E-state index contributed by atoms with van der Waals surface area (Å²) in [6, 6.07) is 20.0. The lowest BCUT2D eigenvalue weighted by atomic mass is 10.1. The molecule has 1 N–H and O–H groups in total. The lowest BCUT2D eigenvalue weighted by molar-refractivity contribution is -0.120. The minimum Gasteiger partial charge on any atom is -0.496 e. The number of fused-ring (bicyclic) bond motifs is 1. The molecule has 5 heteroatoms. The largest absolute Gasteiger partial charge is 0.496 e. The highest BCUT2D eigenvalue weighted by atomic mass is 32.2. The number of thioether (sulfide) groups is 1. The standard InChI is InChI=1S/C23H26N2O2S/c1-16(25(2)15-17-9-12-22(28-4)21(13-17)27-3)23(26)24-20-11-10-18-7-5-6-8-19(18)14-20/h5-14,16H,15H2,1-4H3,(H,24,26)/t16-/m0/s1. The van der Waals surface area contributed by atoms with E-state index in [1.807, 2.05) is 67.6 Å². The molecule has 0 bridgehead atoms. The number of anilines is 1. The molecule has 3 rings (SSSR count). The van der Waals surface area contributed by atoms with Crippen molar-refractivity contribution in [2.75, 3.05) is 25.7 Å². The summed E-state index contributed by atoms with van der Waals surface area (Å²) in [4.78, 5) is 15.9. The number of amides is 1. The van der Waals surface area contributed by atoms with Crippen LogP contribution in [0, 0.1) is 0 Å². The first-order valence-electron chi connectivity index (χ1n) is 9.22. The molecule has 0 aliphatic carbocycles. The van der Waals surface area contributed by atoms with E-state index in [2.05, 4.69) is 23.5 Å². The van der Waals surface area contributed by atoms with E-state index in [0.29, 0.717) is 6.54 Å². The Morgan fingerprint density at radius 1 is 1.11 bits per heavy atom. The summed E-state index contributed by atoms with van der Waals surface area (Å²) in [6.45, 7) is 2.58. The van der Waals surface area contributed by atoms with Crippen LogP contribution in [0.25, 0.3) is 10.8 Å². The van der Waals surface area contributed by atoms with E-state index in [4.69, 9.17) is 4.74 Å². The molecule has 1 atom stereocenters. The third-order valence-electron chi connectivity index (χ3n) is 4.94. The monoisotopic (exact) mass is 394 g/mol. The zero-order chi connectivity index (χ0) is 20.1. The number of rotatable bonds is 7. The quantitative estimate of drug-likeness (QED) is 0.571. The number of ether oxygens (including phenoxy) is 1. The molecule has 3 aromatic rings. The van der Waals surface area contributed by atoms with E-state index in [0.717, 1.165) is 32.7 Å². The number of nitrogens with zero attached hydrogens (tertiary/aromatic N) is 1. The molecule has 1 amide bonds. The van der Waals surface area contributed by atoms with Crippen LogP contribution in [0.3, 0.4) is 0 Å². The second-order valence-electron chi connectivity index (χ2n) is 6.83. The van der Waals surface area contributed by atoms with Gasteiger partial charge < -0.3 is 10.1 Å². The summed E-state index contributed by atoms with van der Waals surface area (Å²) in [5.41, 5.74) is 1.93. The fourth-order valence-electron chi connectivity index (χ4n) is 3.12. The molecule has 0 radical (unpaired) electrons. The lowest BCUT2D eigenvalue weighted by Crippen LogP contribution is -2.39. The van der Waals surface area contributed by atoms with Gasteiger partial charge in [0.1, 0.15) is 5.75 Å². The highest BCUT2D eigenvalue weighted by Crippen LogP contribution is 2.29. The number of likely N-dealkylation sites (N-methyl/N-ethyl adjacent to an activating group) is 1. The lowest BCUT2D eigenvalue weighted by Gasteiger charge is -2.24. The fourth-order valence-corrected chi connectivity index (χ4v) is 3.67. The van der Waals surface area contributed by atoms with Gasteiger partial charge in [-0.25, -0.2) is 0 Å². The van der Waals surface area contributed by atoms with E-state index in [1.54, 1.807) is 18.9 Å². The van der Waals surface area contributed by atoms with Gasteiger partial charge in [0.2, 0.25) is 5.91 Å². The summed E-state index contributed by atoms with van der Waals surface area (Å²) < 4.78 is 5.46. The summed E-state index contributed by atoms with van der Waals surface area (Å²) in [5.74, 6) is 0.845. The molecular weight excluding hydrogens is 368 g/mol. The van der Waals surface area contributed by atoms with Crippen molar-refractivity contribution in [2.45, 2.75) is 24.4 Å². The number of hydrogen-bond acceptors (Lipinski definition) is 4. The maximum Gasteiger partial charge on any atom is 0.241 e. The predicted molar refractivity (Wildman–Crippen MR) is 118 cm³/mol. The predicted octanol–water partition coefficient (Wildman–Crippen LogP) is 5.03. The van der Waals surface area contributed by atoms with Crippen molar-refractivity contribution in [1.82, 2.24) is 4.90 Å². The molecule has 0 aromatic heterocycles.